The zero-order valence-electron chi connectivity index (χ0n) is 26.3. The Morgan fingerprint density at radius 3 is 2.51 bits per heavy atom. The van der Waals surface area contributed by atoms with Crippen molar-refractivity contribution in [2.75, 3.05) is 13.1 Å². The average molecular weight is 607 g/mol. The van der Waals surface area contributed by atoms with Gasteiger partial charge in [-0.1, -0.05) is 66.7 Å². The zero-order chi connectivity index (χ0) is 31.9. The van der Waals surface area contributed by atoms with Crippen LogP contribution in [0.2, 0.25) is 0 Å². The fourth-order valence-electron chi connectivity index (χ4n) is 5.85. The van der Waals surface area contributed by atoms with E-state index in [0.29, 0.717) is 36.5 Å². The SMILES string of the molecule is C=C(C)c1cccc(CNC[C@@H](O)[C@H](Cc2ccccc2)NC(=O)c2cc(C)cc(C(=O)N3CCC[C@@H]3c3nc(C)co3)c2)c1. The van der Waals surface area contributed by atoms with Gasteiger partial charge in [0.2, 0.25) is 5.89 Å². The van der Waals surface area contributed by atoms with Crippen molar-refractivity contribution in [3.05, 3.63) is 131 Å². The Balaban J connectivity index is 1.30. The molecule has 45 heavy (non-hydrogen) atoms. The number of aromatic nitrogens is 1. The molecule has 8 nitrogen and oxygen atoms in total. The number of aliphatic hydroxyl groups excluding tert-OH is 1. The molecule has 1 aliphatic rings. The topological polar surface area (TPSA) is 108 Å². The second-order valence-electron chi connectivity index (χ2n) is 12.0. The lowest BCUT2D eigenvalue weighted by molar-refractivity contribution is 0.0715. The number of aryl methyl sites for hydroxylation is 2. The van der Waals surface area contributed by atoms with Gasteiger partial charge < -0.3 is 25.1 Å². The first-order valence-electron chi connectivity index (χ1n) is 15.5. The third-order valence-electron chi connectivity index (χ3n) is 8.20. The molecular weight excluding hydrogens is 564 g/mol. The van der Waals surface area contributed by atoms with Crippen LogP contribution >= 0.6 is 0 Å². The van der Waals surface area contributed by atoms with Crippen molar-refractivity contribution in [3.8, 4) is 0 Å². The third kappa shape index (κ3) is 8.15. The summed E-state index contributed by atoms with van der Waals surface area (Å²) in [5.41, 5.74) is 6.54. The number of rotatable bonds is 12. The highest BCUT2D eigenvalue weighted by molar-refractivity contribution is 6.00. The fourth-order valence-corrected chi connectivity index (χ4v) is 5.85. The Morgan fingerprint density at radius 1 is 1.02 bits per heavy atom. The number of carbonyl (C=O) groups is 2. The van der Waals surface area contributed by atoms with E-state index in [2.05, 4.69) is 28.3 Å². The summed E-state index contributed by atoms with van der Waals surface area (Å²) >= 11 is 0. The molecule has 1 fully saturated rings. The van der Waals surface area contributed by atoms with Gasteiger partial charge in [-0.25, -0.2) is 4.98 Å². The number of likely N-dealkylation sites (tertiary alicyclic amines) is 1. The number of oxazole rings is 1. The van der Waals surface area contributed by atoms with Crippen molar-refractivity contribution in [1.29, 1.82) is 0 Å². The summed E-state index contributed by atoms with van der Waals surface area (Å²) in [4.78, 5) is 33.6. The van der Waals surface area contributed by atoms with Crippen LogP contribution in [0.5, 0.6) is 0 Å². The molecule has 1 aromatic heterocycles. The van der Waals surface area contributed by atoms with Crippen molar-refractivity contribution >= 4 is 17.4 Å². The maximum Gasteiger partial charge on any atom is 0.254 e. The van der Waals surface area contributed by atoms with Gasteiger partial charge in [0.1, 0.15) is 12.3 Å². The van der Waals surface area contributed by atoms with Crippen molar-refractivity contribution in [2.45, 2.75) is 64.8 Å². The van der Waals surface area contributed by atoms with E-state index in [0.717, 1.165) is 46.4 Å². The Bertz CT molecular complexity index is 1650. The minimum absolute atomic E-state index is 0.160. The Kier molecular flexibility index (Phi) is 10.3. The van der Waals surface area contributed by atoms with Gasteiger partial charge in [-0.05, 0) is 80.5 Å². The van der Waals surface area contributed by atoms with Crippen LogP contribution in [0.1, 0.15) is 80.4 Å². The lowest BCUT2D eigenvalue weighted by atomic mass is 9.99. The zero-order valence-corrected chi connectivity index (χ0v) is 26.3. The molecule has 5 rings (SSSR count). The van der Waals surface area contributed by atoms with Crippen LogP contribution < -0.4 is 10.6 Å². The van der Waals surface area contributed by atoms with Gasteiger partial charge in [-0.3, -0.25) is 9.59 Å². The van der Waals surface area contributed by atoms with E-state index in [4.69, 9.17) is 4.42 Å². The maximum absolute atomic E-state index is 13.7. The number of nitrogens with one attached hydrogen (secondary N) is 2. The van der Waals surface area contributed by atoms with Gasteiger partial charge in [0.15, 0.2) is 0 Å². The molecule has 0 bridgehead atoms. The van der Waals surface area contributed by atoms with Crippen molar-refractivity contribution in [2.24, 2.45) is 0 Å². The van der Waals surface area contributed by atoms with E-state index < -0.39 is 12.1 Å². The minimum Gasteiger partial charge on any atom is -0.446 e. The van der Waals surface area contributed by atoms with Crippen LogP contribution in [0.4, 0.5) is 0 Å². The maximum atomic E-state index is 13.7. The summed E-state index contributed by atoms with van der Waals surface area (Å²) in [6.07, 6.45) is 2.81. The summed E-state index contributed by atoms with van der Waals surface area (Å²) in [6.45, 7) is 11.2. The highest BCUT2D eigenvalue weighted by Gasteiger charge is 2.34. The van der Waals surface area contributed by atoms with Gasteiger partial charge in [-0.15, -0.1) is 0 Å². The van der Waals surface area contributed by atoms with E-state index in [1.54, 1.807) is 29.4 Å². The number of hydrogen-bond acceptors (Lipinski definition) is 6. The van der Waals surface area contributed by atoms with Crippen LogP contribution in [0.25, 0.3) is 5.57 Å². The highest BCUT2D eigenvalue weighted by atomic mass is 16.3. The molecule has 1 aliphatic heterocycles. The summed E-state index contributed by atoms with van der Waals surface area (Å²) in [5.74, 6) is 0.0360. The molecule has 0 aliphatic carbocycles. The molecule has 1 saturated heterocycles. The fraction of sp³-hybridized carbons (Fsp3) is 0.324. The van der Waals surface area contributed by atoms with Crippen LogP contribution in [0, 0.1) is 13.8 Å². The molecular formula is C37H42N4O4. The number of aliphatic hydroxyl groups is 1. The first-order chi connectivity index (χ1) is 21.7. The Labute approximate surface area is 265 Å². The molecule has 3 aromatic carbocycles. The molecule has 2 heterocycles. The number of nitrogens with zero attached hydrogens (tertiary/aromatic N) is 2. The number of hydrogen-bond donors (Lipinski definition) is 3. The van der Waals surface area contributed by atoms with Gasteiger partial charge in [0.05, 0.1) is 17.8 Å². The molecule has 0 unspecified atom stereocenters. The molecule has 3 atom stereocenters. The van der Waals surface area contributed by atoms with Crippen molar-refractivity contribution < 1.29 is 19.1 Å². The van der Waals surface area contributed by atoms with Crippen LogP contribution in [0.3, 0.4) is 0 Å². The van der Waals surface area contributed by atoms with Crippen LogP contribution in [0.15, 0.2) is 90.1 Å². The van der Waals surface area contributed by atoms with E-state index in [1.807, 2.05) is 69.3 Å². The van der Waals surface area contributed by atoms with Gasteiger partial charge in [-0.2, -0.15) is 0 Å². The normalized spacial score (nSPS) is 15.9. The van der Waals surface area contributed by atoms with Crippen LogP contribution in [-0.4, -0.2) is 52.0 Å². The van der Waals surface area contributed by atoms with Gasteiger partial charge in [0.25, 0.3) is 11.8 Å². The molecule has 0 radical (unpaired) electrons. The molecule has 3 N–H and O–H groups in total. The molecule has 4 aromatic rings. The third-order valence-corrected chi connectivity index (χ3v) is 8.20. The number of allylic oxidation sites excluding steroid dienone is 1. The molecule has 8 heteroatoms. The number of benzene rings is 3. The Morgan fingerprint density at radius 2 is 1.78 bits per heavy atom. The lowest BCUT2D eigenvalue weighted by Gasteiger charge is -2.25. The second-order valence-corrected chi connectivity index (χ2v) is 12.0. The predicted molar refractivity (Wildman–Crippen MR) is 176 cm³/mol. The van der Waals surface area contributed by atoms with Crippen molar-refractivity contribution in [3.63, 3.8) is 0 Å². The largest absolute Gasteiger partial charge is 0.446 e. The minimum atomic E-state index is -0.862. The number of amides is 2. The van der Waals surface area contributed by atoms with E-state index >= 15 is 0 Å². The second kappa shape index (κ2) is 14.5. The predicted octanol–water partition coefficient (Wildman–Crippen LogP) is 5.79. The van der Waals surface area contributed by atoms with Gasteiger partial charge in [0, 0.05) is 30.8 Å². The quantitative estimate of drug-likeness (QED) is 0.188. The molecule has 234 valence electrons. The van der Waals surface area contributed by atoms with Crippen molar-refractivity contribution in [1.82, 2.24) is 20.5 Å². The number of carbonyl (C=O) groups excluding carboxylic acids is 2. The molecule has 0 spiro atoms. The average Bonchev–Trinajstić information content (AvgIpc) is 3.70. The first-order valence-corrected chi connectivity index (χ1v) is 15.5. The summed E-state index contributed by atoms with van der Waals surface area (Å²) < 4.78 is 5.63. The van der Waals surface area contributed by atoms with Gasteiger partial charge >= 0.3 is 0 Å². The highest BCUT2D eigenvalue weighted by Crippen LogP contribution is 2.33. The van der Waals surface area contributed by atoms with E-state index in [9.17, 15) is 14.7 Å². The molecule has 0 saturated carbocycles. The molecule has 2 amide bonds. The summed E-state index contributed by atoms with van der Waals surface area (Å²) in [7, 11) is 0. The Hall–Kier alpha value is -4.53. The smallest absolute Gasteiger partial charge is 0.254 e. The first kappa shape index (κ1) is 31.9. The van der Waals surface area contributed by atoms with Crippen LogP contribution in [-0.2, 0) is 13.0 Å². The van der Waals surface area contributed by atoms with E-state index in [-0.39, 0.29) is 24.4 Å². The standard InChI is InChI=1S/C37H42N4O4/c1-24(2)29-13-8-12-28(18-29)21-38-22-34(42)32(19-27-10-6-5-7-11-27)40-35(43)30-16-25(3)17-31(20-30)37(44)41-15-9-14-33(41)36-39-26(4)23-45-36/h5-8,10-13,16-18,20,23,32-34,38,42H,1,9,14-15,19,21-22H2,2-4H3,(H,40,43)/t32-,33+,34+/m0/s1. The van der Waals surface area contributed by atoms with E-state index in [1.165, 1.54) is 0 Å². The monoisotopic (exact) mass is 606 g/mol. The summed E-state index contributed by atoms with van der Waals surface area (Å²) in [5, 5.41) is 17.7. The lowest BCUT2D eigenvalue weighted by Crippen LogP contribution is -2.48. The summed E-state index contributed by atoms with van der Waals surface area (Å²) in [6, 6.07) is 22.3.